The van der Waals surface area contributed by atoms with Gasteiger partial charge in [-0.2, -0.15) is 0 Å². The highest BCUT2D eigenvalue weighted by Crippen LogP contribution is 2.27. The Morgan fingerprint density at radius 1 is 1.13 bits per heavy atom. The molecule has 2 aliphatic rings. The summed E-state index contributed by atoms with van der Waals surface area (Å²) < 4.78 is 0.817. The van der Waals surface area contributed by atoms with Crippen LogP contribution in [0.15, 0.2) is 53.1 Å². The van der Waals surface area contributed by atoms with Crippen LogP contribution >= 0.6 is 15.9 Å². The summed E-state index contributed by atoms with van der Waals surface area (Å²) in [5, 5.41) is 5.58. The van der Waals surface area contributed by atoms with Crippen molar-refractivity contribution in [3.63, 3.8) is 0 Å². The van der Waals surface area contributed by atoms with Crippen molar-refractivity contribution in [1.29, 1.82) is 0 Å². The molecule has 6 nitrogen and oxygen atoms in total. The number of carbonyl (C=O) groups is 2. The fourth-order valence-corrected chi connectivity index (χ4v) is 4.30. The lowest BCUT2D eigenvalue weighted by molar-refractivity contribution is -0.114. The number of halogens is 1. The maximum Gasteiger partial charge on any atom is 0.260 e. The molecule has 1 saturated heterocycles. The lowest BCUT2D eigenvalue weighted by Crippen LogP contribution is -2.36. The molecule has 7 heteroatoms. The number of benzene rings is 2. The van der Waals surface area contributed by atoms with E-state index in [1.54, 1.807) is 24.4 Å². The zero-order valence-electron chi connectivity index (χ0n) is 17.1. The smallest absolute Gasteiger partial charge is 0.260 e. The van der Waals surface area contributed by atoms with Crippen LogP contribution in [-0.4, -0.2) is 54.8 Å². The van der Waals surface area contributed by atoms with Crippen LogP contribution in [0.5, 0.6) is 0 Å². The van der Waals surface area contributed by atoms with Gasteiger partial charge in [0.15, 0.2) is 0 Å². The Morgan fingerprint density at radius 3 is 2.60 bits per heavy atom. The molecule has 1 unspecified atom stereocenters. The van der Waals surface area contributed by atoms with E-state index in [2.05, 4.69) is 62.6 Å². The number of nitrogens with zero attached hydrogens (tertiary/aromatic N) is 2. The maximum atomic E-state index is 12.4. The zero-order valence-corrected chi connectivity index (χ0v) is 18.7. The molecule has 2 heterocycles. The Hall–Kier alpha value is -2.48. The van der Waals surface area contributed by atoms with E-state index in [0.717, 1.165) is 29.8 Å². The summed E-state index contributed by atoms with van der Waals surface area (Å²) in [4.78, 5) is 29.2. The molecule has 2 N–H and O–H groups in total. The number of rotatable bonds is 5. The van der Waals surface area contributed by atoms with Crippen molar-refractivity contribution >= 4 is 39.0 Å². The second-order valence-electron chi connectivity index (χ2n) is 8.01. The van der Waals surface area contributed by atoms with Gasteiger partial charge in [-0.05, 0) is 56.4 Å². The van der Waals surface area contributed by atoms with E-state index < -0.39 is 5.91 Å². The van der Waals surface area contributed by atoms with Crippen LogP contribution in [0, 0.1) is 0 Å². The third-order valence-electron chi connectivity index (χ3n) is 5.71. The fourth-order valence-electron chi connectivity index (χ4n) is 3.94. The molecule has 0 bridgehead atoms. The number of hydrogen-bond acceptors (Lipinski definition) is 5. The van der Waals surface area contributed by atoms with Gasteiger partial charge >= 0.3 is 0 Å². The van der Waals surface area contributed by atoms with Gasteiger partial charge in [0.2, 0.25) is 0 Å². The van der Waals surface area contributed by atoms with Crippen LogP contribution < -0.4 is 10.6 Å². The topological polar surface area (TPSA) is 64.7 Å². The average Bonchev–Trinajstić information content (AvgIpc) is 3.17. The number of anilines is 1. The van der Waals surface area contributed by atoms with Crippen LogP contribution in [0.1, 0.15) is 27.9 Å². The molecule has 0 saturated carbocycles. The summed E-state index contributed by atoms with van der Waals surface area (Å²) in [5.41, 5.74) is 3.69. The first-order valence-corrected chi connectivity index (χ1v) is 10.8. The molecule has 156 valence electrons. The Balaban J connectivity index is 1.45. The van der Waals surface area contributed by atoms with E-state index >= 15 is 0 Å². The van der Waals surface area contributed by atoms with E-state index in [0.29, 0.717) is 22.7 Å². The van der Waals surface area contributed by atoms with Crippen molar-refractivity contribution in [1.82, 2.24) is 15.1 Å². The number of likely N-dealkylation sites (N-methyl/N-ethyl adjacent to an activating group) is 1. The summed E-state index contributed by atoms with van der Waals surface area (Å²) >= 11 is 3.41. The summed E-state index contributed by atoms with van der Waals surface area (Å²) in [7, 11) is 4.28. The molecule has 30 heavy (non-hydrogen) atoms. The van der Waals surface area contributed by atoms with Crippen molar-refractivity contribution in [3.05, 3.63) is 69.8 Å². The predicted octanol–water partition coefficient (Wildman–Crippen LogP) is 3.31. The van der Waals surface area contributed by atoms with Crippen LogP contribution in [0.4, 0.5) is 5.69 Å². The molecule has 2 aliphatic heterocycles. The fraction of sp³-hybridized carbons (Fsp3) is 0.304. The lowest BCUT2D eigenvalue weighted by Gasteiger charge is -2.20. The standard InChI is InChI=1S/C23H25BrN4O2/c1-27(2)18-9-10-28(14-18)13-15-3-6-17(7-4-15)25-12-21-20-11-16(24)5-8-19(20)22(29)26-23(21)30/h3-8,11-12,18,25H,9-10,13-14H2,1-2H3,(H,26,29,30). The van der Waals surface area contributed by atoms with Crippen molar-refractivity contribution in [3.8, 4) is 0 Å². The highest BCUT2D eigenvalue weighted by atomic mass is 79.9. The van der Waals surface area contributed by atoms with E-state index in [1.807, 2.05) is 12.1 Å². The summed E-state index contributed by atoms with van der Waals surface area (Å²) in [5.74, 6) is -0.776. The molecular formula is C23H25BrN4O2. The molecule has 0 aliphatic carbocycles. The van der Waals surface area contributed by atoms with Crippen LogP contribution in [0.3, 0.4) is 0 Å². The Morgan fingerprint density at radius 2 is 1.90 bits per heavy atom. The van der Waals surface area contributed by atoms with Crippen LogP contribution in [0.25, 0.3) is 5.57 Å². The molecule has 1 atom stereocenters. The third kappa shape index (κ3) is 4.48. The first-order valence-electron chi connectivity index (χ1n) is 10.0. The van der Waals surface area contributed by atoms with Gasteiger partial charge in [-0.15, -0.1) is 0 Å². The summed E-state index contributed by atoms with van der Waals surface area (Å²) in [6.07, 6.45) is 2.87. The molecule has 0 spiro atoms. The monoisotopic (exact) mass is 468 g/mol. The van der Waals surface area contributed by atoms with Crippen LogP contribution in [0.2, 0.25) is 0 Å². The lowest BCUT2D eigenvalue weighted by atomic mass is 9.95. The van der Waals surface area contributed by atoms with Gasteiger partial charge in [-0.25, -0.2) is 0 Å². The second kappa shape index (κ2) is 8.71. The number of nitrogens with one attached hydrogen (secondary N) is 2. The number of likely N-dealkylation sites (tertiary alicyclic amines) is 1. The minimum Gasteiger partial charge on any atom is -0.361 e. The largest absolute Gasteiger partial charge is 0.361 e. The SMILES string of the molecule is CN(C)C1CCN(Cc2ccc(NC=C3C(=O)NC(=O)c4ccc(Br)cc43)cc2)C1. The van der Waals surface area contributed by atoms with Gasteiger partial charge in [-0.3, -0.25) is 19.8 Å². The van der Waals surface area contributed by atoms with Gasteiger partial charge in [0.05, 0.1) is 5.57 Å². The molecule has 1 fully saturated rings. The number of hydrogen-bond donors (Lipinski definition) is 2. The van der Waals surface area contributed by atoms with Gasteiger partial charge in [0.1, 0.15) is 0 Å². The molecular weight excluding hydrogens is 444 g/mol. The average molecular weight is 469 g/mol. The van der Waals surface area contributed by atoms with E-state index in [9.17, 15) is 9.59 Å². The van der Waals surface area contributed by atoms with Crippen LogP contribution in [-0.2, 0) is 11.3 Å². The van der Waals surface area contributed by atoms with E-state index in [1.165, 1.54) is 12.0 Å². The maximum absolute atomic E-state index is 12.4. The summed E-state index contributed by atoms with van der Waals surface area (Å²) in [6, 6.07) is 14.2. The van der Waals surface area contributed by atoms with E-state index in [-0.39, 0.29) is 5.91 Å². The Bertz CT molecular complexity index is 1000. The van der Waals surface area contributed by atoms with Gasteiger partial charge in [0, 0.05) is 53.2 Å². The number of amides is 2. The number of carbonyl (C=O) groups excluding carboxylic acids is 2. The van der Waals surface area contributed by atoms with Gasteiger partial charge < -0.3 is 10.2 Å². The molecule has 2 amide bonds. The number of imide groups is 1. The van der Waals surface area contributed by atoms with Crippen molar-refractivity contribution in [2.24, 2.45) is 0 Å². The van der Waals surface area contributed by atoms with Crippen molar-refractivity contribution in [2.45, 2.75) is 19.0 Å². The van der Waals surface area contributed by atoms with Gasteiger partial charge in [-0.1, -0.05) is 28.1 Å². The summed E-state index contributed by atoms with van der Waals surface area (Å²) in [6.45, 7) is 3.16. The molecule has 0 radical (unpaired) electrons. The highest BCUT2D eigenvalue weighted by Gasteiger charge is 2.27. The van der Waals surface area contributed by atoms with Gasteiger partial charge in [0.25, 0.3) is 11.8 Å². The quantitative estimate of drug-likeness (QED) is 0.520. The minimum atomic E-state index is -0.404. The van der Waals surface area contributed by atoms with Crippen molar-refractivity contribution < 1.29 is 9.59 Å². The zero-order chi connectivity index (χ0) is 21.3. The molecule has 0 aromatic heterocycles. The molecule has 4 rings (SSSR count). The molecule has 2 aromatic rings. The normalized spacial score (nSPS) is 20.5. The first-order chi connectivity index (χ1) is 14.4. The Labute approximate surface area is 185 Å². The predicted molar refractivity (Wildman–Crippen MR) is 122 cm³/mol. The second-order valence-corrected chi connectivity index (χ2v) is 8.93. The molecule has 2 aromatic carbocycles. The van der Waals surface area contributed by atoms with E-state index in [4.69, 9.17) is 0 Å². The highest BCUT2D eigenvalue weighted by molar-refractivity contribution is 9.10. The first kappa shape index (κ1) is 20.8. The van der Waals surface area contributed by atoms with Crippen molar-refractivity contribution in [2.75, 3.05) is 32.5 Å². The Kier molecular flexibility index (Phi) is 6.04. The number of fused-ring (bicyclic) bond motifs is 1. The third-order valence-corrected chi connectivity index (χ3v) is 6.20. The minimum absolute atomic E-state index is 0.373.